The van der Waals surface area contributed by atoms with E-state index in [4.69, 9.17) is 11.6 Å². The van der Waals surface area contributed by atoms with Gasteiger partial charge in [0.1, 0.15) is 0 Å². The number of carbonyl (C=O) groups is 1. The molecular weight excluding hydrogens is 224 g/mol. The molecule has 0 aliphatic carbocycles. The fourth-order valence-corrected chi connectivity index (χ4v) is 1.64. The predicted molar refractivity (Wildman–Crippen MR) is 66.5 cm³/mol. The monoisotopic (exact) mass is 240 g/mol. The van der Waals surface area contributed by atoms with Crippen LogP contribution in [0.5, 0.6) is 0 Å². The van der Waals surface area contributed by atoms with E-state index in [-0.39, 0.29) is 18.0 Å². The topological polar surface area (TPSA) is 41.1 Å². The van der Waals surface area contributed by atoms with Gasteiger partial charge in [0.25, 0.3) is 0 Å². The average Bonchev–Trinajstić information content (AvgIpc) is 2.28. The number of halogens is 1. The van der Waals surface area contributed by atoms with Crippen molar-refractivity contribution in [3.05, 3.63) is 34.9 Å². The van der Waals surface area contributed by atoms with Gasteiger partial charge in [-0.1, -0.05) is 23.7 Å². The zero-order valence-corrected chi connectivity index (χ0v) is 10.5. The van der Waals surface area contributed by atoms with E-state index in [1.54, 1.807) is 7.05 Å². The van der Waals surface area contributed by atoms with Crippen molar-refractivity contribution in [3.8, 4) is 0 Å². The Labute approximate surface area is 101 Å². The lowest BCUT2D eigenvalue weighted by atomic mass is 10.1. The number of carbonyl (C=O) groups excluding carboxylic acids is 1. The third kappa shape index (κ3) is 3.51. The van der Waals surface area contributed by atoms with Gasteiger partial charge in [0.15, 0.2) is 0 Å². The zero-order valence-electron chi connectivity index (χ0n) is 9.75. The number of nitrogens with one attached hydrogen (secondary N) is 2. The number of amides is 1. The molecule has 1 aromatic carbocycles. The zero-order chi connectivity index (χ0) is 12.1. The molecule has 0 heterocycles. The number of hydrogen-bond donors (Lipinski definition) is 2. The molecule has 0 unspecified atom stereocenters. The highest BCUT2D eigenvalue weighted by atomic mass is 35.5. The van der Waals surface area contributed by atoms with Crippen LogP contribution in [0.25, 0.3) is 0 Å². The molecule has 0 aromatic heterocycles. The summed E-state index contributed by atoms with van der Waals surface area (Å²) in [5.74, 6) is -0.0131. The molecular formula is C12H17ClN2O. The first-order chi connectivity index (χ1) is 7.54. The second kappa shape index (κ2) is 5.87. The lowest BCUT2D eigenvalue weighted by Crippen LogP contribution is -2.41. The van der Waals surface area contributed by atoms with Crippen LogP contribution in [-0.4, -0.2) is 19.0 Å². The van der Waals surface area contributed by atoms with Crippen molar-refractivity contribution in [2.75, 3.05) is 7.05 Å². The van der Waals surface area contributed by atoms with Crippen LogP contribution in [0.2, 0.25) is 5.02 Å². The van der Waals surface area contributed by atoms with Crippen LogP contribution >= 0.6 is 11.6 Å². The fourth-order valence-electron chi connectivity index (χ4n) is 1.51. The Hall–Kier alpha value is -1.06. The smallest absolute Gasteiger partial charge is 0.236 e. The van der Waals surface area contributed by atoms with Crippen LogP contribution in [0.1, 0.15) is 25.5 Å². The van der Waals surface area contributed by atoms with Gasteiger partial charge >= 0.3 is 0 Å². The molecule has 16 heavy (non-hydrogen) atoms. The van der Waals surface area contributed by atoms with Crippen molar-refractivity contribution in [3.63, 3.8) is 0 Å². The minimum atomic E-state index is -0.212. The van der Waals surface area contributed by atoms with Crippen LogP contribution in [0.15, 0.2) is 24.3 Å². The van der Waals surface area contributed by atoms with Crippen LogP contribution in [0, 0.1) is 0 Å². The number of likely N-dealkylation sites (N-methyl/N-ethyl adjacent to an activating group) is 1. The molecule has 1 rings (SSSR count). The first-order valence-electron chi connectivity index (χ1n) is 5.27. The first-order valence-corrected chi connectivity index (χ1v) is 5.65. The molecule has 0 saturated heterocycles. The maximum absolute atomic E-state index is 11.3. The Kier molecular flexibility index (Phi) is 4.77. The lowest BCUT2D eigenvalue weighted by molar-refractivity contribution is -0.122. The lowest BCUT2D eigenvalue weighted by Gasteiger charge is -2.19. The summed E-state index contributed by atoms with van der Waals surface area (Å²) < 4.78 is 0. The predicted octanol–water partition coefficient (Wildman–Crippen LogP) is 2.13. The molecule has 2 atom stereocenters. The first kappa shape index (κ1) is 13.0. The summed E-state index contributed by atoms with van der Waals surface area (Å²) in [7, 11) is 1.63. The van der Waals surface area contributed by atoms with Gasteiger partial charge in [0.05, 0.1) is 6.04 Å². The summed E-state index contributed by atoms with van der Waals surface area (Å²) >= 11 is 5.81. The van der Waals surface area contributed by atoms with E-state index in [1.165, 1.54) is 0 Å². The van der Waals surface area contributed by atoms with Crippen molar-refractivity contribution in [1.82, 2.24) is 10.6 Å². The molecule has 2 N–H and O–H groups in total. The van der Waals surface area contributed by atoms with E-state index >= 15 is 0 Å². The second-order valence-electron chi connectivity index (χ2n) is 3.78. The molecule has 3 nitrogen and oxygen atoms in total. The van der Waals surface area contributed by atoms with Gasteiger partial charge < -0.3 is 5.32 Å². The third-order valence-electron chi connectivity index (χ3n) is 2.51. The molecule has 0 saturated carbocycles. The number of benzene rings is 1. The Morgan fingerprint density at radius 2 is 1.81 bits per heavy atom. The normalized spacial score (nSPS) is 14.2. The molecule has 0 bridgehead atoms. The summed E-state index contributed by atoms with van der Waals surface area (Å²) in [4.78, 5) is 11.3. The summed E-state index contributed by atoms with van der Waals surface area (Å²) in [6.45, 7) is 3.86. The molecule has 1 amide bonds. The van der Waals surface area contributed by atoms with Gasteiger partial charge in [-0.15, -0.1) is 0 Å². The summed E-state index contributed by atoms with van der Waals surface area (Å²) in [5, 5.41) is 6.54. The molecule has 0 fully saturated rings. The van der Waals surface area contributed by atoms with E-state index in [0.717, 1.165) is 10.6 Å². The van der Waals surface area contributed by atoms with Gasteiger partial charge in [0, 0.05) is 18.1 Å². The largest absolute Gasteiger partial charge is 0.358 e. The highest BCUT2D eigenvalue weighted by Gasteiger charge is 2.14. The number of rotatable bonds is 4. The molecule has 4 heteroatoms. The van der Waals surface area contributed by atoms with Gasteiger partial charge in [-0.3, -0.25) is 10.1 Å². The molecule has 0 aliphatic rings. The van der Waals surface area contributed by atoms with E-state index in [0.29, 0.717) is 0 Å². The van der Waals surface area contributed by atoms with Gasteiger partial charge in [0.2, 0.25) is 5.91 Å². The molecule has 0 radical (unpaired) electrons. The minimum Gasteiger partial charge on any atom is -0.358 e. The highest BCUT2D eigenvalue weighted by Crippen LogP contribution is 2.16. The van der Waals surface area contributed by atoms with Crippen molar-refractivity contribution in [2.24, 2.45) is 0 Å². The van der Waals surface area contributed by atoms with E-state index in [1.807, 2.05) is 38.1 Å². The summed E-state index contributed by atoms with van der Waals surface area (Å²) in [5.41, 5.74) is 1.11. The van der Waals surface area contributed by atoms with Crippen molar-refractivity contribution in [2.45, 2.75) is 25.9 Å². The summed E-state index contributed by atoms with van der Waals surface area (Å²) in [6, 6.07) is 7.51. The molecule has 0 spiro atoms. The Morgan fingerprint density at radius 3 is 2.31 bits per heavy atom. The Bertz CT molecular complexity index is 351. The SMILES string of the molecule is CNC(=O)[C@H](C)N[C@H](C)c1ccc(Cl)cc1. The molecule has 88 valence electrons. The van der Waals surface area contributed by atoms with Crippen molar-refractivity contribution in [1.29, 1.82) is 0 Å². The van der Waals surface area contributed by atoms with Crippen LogP contribution in [0.4, 0.5) is 0 Å². The molecule has 0 aliphatic heterocycles. The maximum atomic E-state index is 11.3. The van der Waals surface area contributed by atoms with E-state index in [2.05, 4.69) is 10.6 Å². The standard InChI is InChI=1S/C12H17ClN2O/c1-8(15-9(2)12(16)14-3)10-4-6-11(13)7-5-10/h4-9,15H,1-3H3,(H,14,16)/t8-,9+/m1/s1. The minimum absolute atomic E-state index is 0.0131. The molecule has 1 aromatic rings. The fraction of sp³-hybridized carbons (Fsp3) is 0.417. The van der Waals surface area contributed by atoms with E-state index in [9.17, 15) is 4.79 Å². The van der Waals surface area contributed by atoms with Gasteiger partial charge in [-0.05, 0) is 31.5 Å². The Morgan fingerprint density at radius 1 is 1.25 bits per heavy atom. The number of hydrogen-bond acceptors (Lipinski definition) is 2. The second-order valence-corrected chi connectivity index (χ2v) is 4.21. The van der Waals surface area contributed by atoms with Crippen LogP contribution in [-0.2, 0) is 4.79 Å². The highest BCUT2D eigenvalue weighted by molar-refractivity contribution is 6.30. The summed E-state index contributed by atoms with van der Waals surface area (Å²) in [6.07, 6.45) is 0. The Balaban J connectivity index is 2.61. The third-order valence-corrected chi connectivity index (χ3v) is 2.76. The average molecular weight is 241 g/mol. The maximum Gasteiger partial charge on any atom is 0.236 e. The quantitative estimate of drug-likeness (QED) is 0.847. The van der Waals surface area contributed by atoms with Gasteiger partial charge in [-0.25, -0.2) is 0 Å². The van der Waals surface area contributed by atoms with Crippen molar-refractivity contribution >= 4 is 17.5 Å². The van der Waals surface area contributed by atoms with E-state index < -0.39 is 0 Å². The van der Waals surface area contributed by atoms with Crippen LogP contribution < -0.4 is 10.6 Å². The van der Waals surface area contributed by atoms with Crippen LogP contribution in [0.3, 0.4) is 0 Å². The van der Waals surface area contributed by atoms with Crippen molar-refractivity contribution < 1.29 is 4.79 Å². The van der Waals surface area contributed by atoms with Gasteiger partial charge in [-0.2, -0.15) is 0 Å².